The summed E-state index contributed by atoms with van der Waals surface area (Å²) >= 11 is 3.35. The molecule has 4 nitrogen and oxygen atoms in total. The van der Waals surface area contributed by atoms with Gasteiger partial charge in [-0.25, -0.2) is 4.79 Å². The summed E-state index contributed by atoms with van der Waals surface area (Å²) in [5.74, 6) is -0.961. The minimum atomic E-state index is -0.961. The molecule has 0 atom stereocenters. The van der Waals surface area contributed by atoms with E-state index in [2.05, 4.69) is 22.0 Å². The highest BCUT2D eigenvalue weighted by atomic mass is 79.9. The molecule has 0 saturated carbocycles. The van der Waals surface area contributed by atoms with Crippen LogP contribution in [-0.4, -0.2) is 11.1 Å². The first-order valence-corrected chi connectivity index (χ1v) is 7.08. The third-order valence-electron chi connectivity index (χ3n) is 2.87. The molecule has 2 aromatic rings. The van der Waals surface area contributed by atoms with Gasteiger partial charge in [0.2, 0.25) is 0 Å². The van der Waals surface area contributed by atoms with Crippen molar-refractivity contribution in [1.82, 2.24) is 0 Å². The van der Waals surface area contributed by atoms with Gasteiger partial charge in [-0.05, 0) is 61.4 Å². The number of aryl methyl sites for hydroxylation is 2. The summed E-state index contributed by atoms with van der Waals surface area (Å²) in [6, 6.07) is 14.0. The second-order valence-electron chi connectivity index (χ2n) is 4.52. The van der Waals surface area contributed by atoms with Crippen molar-refractivity contribution in [2.75, 3.05) is 0 Å². The van der Waals surface area contributed by atoms with E-state index in [-0.39, 0.29) is 5.56 Å². The second-order valence-corrected chi connectivity index (χ2v) is 5.38. The van der Waals surface area contributed by atoms with Crippen LogP contribution < -0.4 is 0 Å². The topological polar surface area (TPSA) is 84.9 Å². The standard InChI is InChI=1S/C9H7NO2.C8H6BrN/c1-6-4-7(5-10)2-3-8(6)9(11)12;1-6-4-7(5-10)2-3-8(6)9/h2-4H,1H3,(H,11,12);2-4H,1H3. The molecule has 0 aliphatic heterocycles. The molecule has 1 N–H and O–H groups in total. The minimum Gasteiger partial charge on any atom is -0.478 e. The third kappa shape index (κ3) is 4.73. The molecule has 0 fully saturated rings. The van der Waals surface area contributed by atoms with Crippen molar-refractivity contribution >= 4 is 21.9 Å². The zero-order valence-corrected chi connectivity index (χ0v) is 13.7. The van der Waals surface area contributed by atoms with Gasteiger partial charge in [0.25, 0.3) is 0 Å². The number of nitrogens with zero attached hydrogens (tertiary/aromatic N) is 2. The molecule has 0 unspecified atom stereocenters. The van der Waals surface area contributed by atoms with Crippen LogP contribution in [0.2, 0.25) is 0 Å². The lowest BCUT2D eigenvalue weighted by Gasteiger charge is -1.98. The van der Waals surface area contributed by atoms with E-state index in [9.17, 15) is 4.79 Å². The van der Waals surface area contributed by atoms with Gasteiger partial charge >= 0.3 is 5.97 Å². The van der Waals surface area contributed by atoms with Crippen LogP contribution in [0, 0.1) is 36.5 Å². The number of nitriles is 2. The SMILES string of the molecule is Cc1cc(C#N)ccc1Br.Cc1cc(C#N)ccc1C(=O)O. The maximum Gasteiger partial charge on any atom is 0.335 e. The van der Waals surface area contributed by atoms with E-state index in [1.807, 2.05) is 25.1 Å². The molecule has 0 saturated heterocycles. The molecule has 0 radical (unpaired) electrons. The number of rotatable bonds is 1. The fourth-order valence-corrected chi connectivity index (χ4v) is 1.93. The van der Waals surface area contributed by atoms with E-state index in [0.717, 1.165) is 10.0 Å². The Bertz CT molecular complexity index is 786. The lowest BCUT2D eigenvalue weighted by Crippen LogP contribution is -1.99. The number of carboxylic acid groups (broad SMARTS) is 1. The van der Waals surface area contributed by atoms with Gasteiger partial charge in [-0.3, -0.25) is 0 Å². The van der Waals surface area contributed by atoms with Crippen molar-refractivity contribution in [2.24, 2.45) is 0 Å². The van der Waals surface area contributed by atoms with Gasteiger partial charge in [-0.2, -0.15) is 10.5 Å². The summed E-state index contributed by atoms with van der Waals surface area (Å²) in [6.45, 7) is 3.63. The first-order valence-electron chi connectivity index (χ1n) is 6.29. The number of aromatic carboxylic acids is 1. The molecular formula is C17H13BrN2O2. The number of carbonyl (C=O) groups is 1. The molecule has 0 amide bonds. The van der Waals surface area contributed by atoms with Crippen molar-refractivity contribution in [2.45, 2.75) is 13.8 Å². The summed E-state index contributed by atoms with van der Waals surface area (Å²) in [4.78, 5) is 10.5. The maximum absolute atomic E-state index is 10.5. The fourth-order valence-electron chi connectivity index (χ4n) is 1.69. The predicted octanol–water partition coefficient (Wildman–Crippen LogP) is 4.19. The number of hydrogen-bond donors (Lipinski definition) is 1. The largest absolute Gasteiger partial charge is 0.478 e. The van der Waals surface area contributed by atoms with Crippen molar-refractivity contribution in [3.8, 4) is 12.1 Å². The van der Waals surface area contributed by atoms with Crippen molar-refractivity contribution in [1.29, 1.82) is 10.5 Å². The fraction of sp³-hybridized carbons (Fsp3) is 0.118. The van der Waals surface area contributed by atoms with E-state index in [1.54, 1.807) is 19.1 Å². The molecule has 0 aliphatic carbocycles. The number of hydrogen-bond acceptors (Lipinski definition) is 3. The molecule has 0 bridgehead atoms. The zero-order chi connectivity index (χ0) is 16.7. The highest BCUT2D eigenvalue weighted by Gasteiger charge is 2.06. The highest BCUT2D eigenvalue weighted by molar-refractivity contribution is 9.10. The Hall–Kier alpha value is -2.63. The number of carboxylic acids is 1. The molecule has 2 rings (SSSR count). The summed E-state index contributed by atoms with van der Waals surface area (Å²) in [5.41, 5.74) is 3.15. The third-order valence-corrected chi connectivity index (χ3v) is 3.76. The average Bonchev–Trinajstić information content (AvgIpc) is 2.50. The molecule has 0 aliphatic rings. The normalized spacial score (nSPS) is 8.95. The van der Waals surface area contributed by atoms with E-state index in [1.165, 1.54) is 12.1 Å². The Labute approximate surface area is 137 Å². The first kappa shape index (κ1) is 17.4. The molecular weight excluding hydrogens is 344 g/mol. The Morgan fingerprint density at radius 2 is 1.50 bits per heavy atom. The van der Waals surface area contributed by atoms with Gasteiger partial charge in [0, 0.05) is 4.47 Å². The monoisotopic (exact) mass is 356 g/mol. The molecule has 110 valence electrons. The maximum atomic E-state index is 10.5. The van der Waals surface area contributed by atoms with Gasteiger partial charge < -0.3 is 5.11 Å². The molecule has 2 aromatic carbocycles. The Morgan fingerprint density at radius 3 is 1.91 bits per heavy atom. The highest BCUT2D eigenvalue weighted by Crippen LogP contribution is 2.16. The molecule has 0 aromatic heterocycles. The van der Waals surface area contributed by atoms with Crippen LogP contribution in [-0.2, 0) is 0 Å². The van der Waals surface area contributed by atoms with E-state index in [4.69, 9.17) is 15.6 Å². The van der Waals surface area contributed by atoms with Gasteiger partial charge in [0.1, 0.15) is 0 Å². The predicted molar refractivity (Wildman–Crippen MR) is 86.4 cm³/mol. The molecule has 0 heterocycles. The Balaban J connectivity index is 0.000000224. The van der Waals surface area contributed by atoms with Crippen LogP contribution >= 0.6 is 15.9 Å². The van der Waals surface area contributed by atoms with Crippen LogP contribution in [0.3, 0.4) is 0 Å². The zero-order valence-electron chi connectivity index (χ0n) is 12.1. The Morgan fingerprint density at radius 1 is 1.00 bits per heavy atom. The molecule has 22 heavy (non-hydrogen) atoms. The summed E-state index contributed by atoms with van der Waals surface area (Å²) < 4.78 is 1.05. The van der Waals surface area contributed by atoms with Crippen molar-refractivity contribution in [3.05, 3.63) is 68.7 Å². The summed E-state index contributed by atoms with van der Waals surface area (Å²) in [5, 5.41) is 25.6. The van der Waals surface area contributed by atoms with Gasteiger partial charge in [0.05, 0.1) is 28.8 Å². The van der Waals surface area contributed by atoms with Crippen molar-refractivity contribution in [3.63, 3.8) is 0 Å². The number of benzene rings is 2. The van der Waals surface area contributed by atoms with Gasteiger partial charge in [-0.1, -0.05) is 15.9 Å². The lowest BCUT2D eigenvalue weighted by atomic mass is 10.1. The van der Waals surface area contributed by atoms with E-state index in [0.29, 0.717) is 16.7 Å². The van der Waals surface area contributed by atoms with Crippen molar-refractivity contribution < 1.29 is 9.90 Å². The van der Waals surface area contributed by atoms with Crippen LogP contribution in [0.1, 0.15) is 32.6 Å². The lowest BCUT2D eigenvalue weighted by molar-refractivity contribution is 0.0696. The first-order chi connectivity index (χ1) is 10.4. The average molecular weight is 357 g/mol. The Kier molecular flexibility index (Phi) is 6.31. The van der Waals surface area contributed by atoms with Crippen LogP contribution in [0.4, 0.5) is 0 Å². The second kappa shape index (κ2) is 7.97. The molecule has 0 spiro atoms. The summed E-state index contributed by atoms with van der Waals surface area (Å²) in [6.07, 6.45) is 0. The van der Waals surface area contributed by atoms with Crippen LogP contribution in [0.25, 0.3) is 0 Å². The van der Waals surface area contributed by atoms with Crippen LogP contribution in [0.15, 0.2) is 40.9 Å². The van der Waals surface area contributed by atoms with E-state index >= 15 is 0 Å². The van der Waals surface area contributed by atoms with E-state index < -0.39 is 5.97 Å². The quantitative estimate of drug-likeness (QED) is 0.829. The van der Waals surface area contributed by atoms with Crippen LogP contribution in [0.5, 0.6) is 0 Å². The minimum absolute atomic E-state index is 0.244. The summed E-state index contributed by atoms with van der Waals surface area (Å²) in [7, 11) is 0. The van der Waals surface area contributed by atoms with Gasteiger partial charge in [0.15, 0.2) is 0 Å². The number of halogens is 1. The smallest absolute Gasteiger partial charge is 0.335 e. The molecule has 5 heteroatoms. The van der Waals surface area contributed by atoms with Gasteiger partial charge in [-0.15, -0.1) is 0 Å².